The lowest BCUT2D eigenvalue weighted by Gasteiger charge is -2.29. The van der Waals surface area contributed by atoms with Crippen molar-refractivity contribution in [2.75, 3.05) is 19.6 Å². The maximum atomic E-state index is 12.9. The number of rotatable bonds is 6. The second-order valence-electron chi connectivity index (χ2n) is 5.84. The standard InChI is InChI=1S/C17H22FN3O2/c1-12(14-3-2-8-21(10-14)11-16(19)22)20-17(23)9-13-4-6-15(18)7-5-13/h3-7,12H,2,8-11H2,1H3,(H2,19,22)(H,20,23)/t12-/m1/s1. The van der Waals surface area contributed by atoms with Crippen molar-refractivity contribution in [1.82, 2.24) is 10.2 Å². The van der Waals surface area contributed by atoms with Gasteiger partial charge in [-0.15, -0.1) is 0 Å². The largest absolute Gasteiger partial charge is 0.369 e. The molecule has 124 valence electrons. The molecule has 0 saturated heterocycles. The number of amides is 2. The van der Waals surface area contributed by atoms with Crippen molar-refractivity contribution in [2.24, 2.45) is 5.73 Å². The molecule has 1 atom stereocenters. The van der Waals surface area contributed by atoms with Gasteiger partial charge in [-0.3, -0.25) is 14.5 Å². The Hall–Kier alpha value is -2.21. The topological polar surface area (TPSA) is 75.4 Å². The van der Waals surface area contributed by atoms with Gasteiger partial charge in [0, 0.05) is 19.1 Å². The number of primary amides is 1. The highest BCUT2D eigenvalue weighted by atomic mass is 19.1. The summed E-state index contributed by atoms with van der Waals surface area (Å²) in [5, 5.41) is 2.94. The molecular formula is C17H22FN3O2. The number of carbonyl (C=O) groups excluding carboxylic acids is 2. The predicted octanol–water partition coefficient (Wildman–Crippen LogP) is 0.990. The van der Waals surface area contributed by atoms with E-state index >= 15 is 0 Å². The van der Waals surface area contributed by atoms with Crippen molar-refractivity contribution in [1.29, 1.82) is 0 Å². The van der Waals surface area contributed by atoms with Gasteiger partial charge in [-0.1, -0.05) is 18.2 Å². The predicted molar refractivity (Wildman–Crippen MR) is 86.0 cm³/mol. The van der Waals surface area contributed by atoms with Crippen molar-refractivity contribution in [3.8, 4) is 0 Å². The van der Waals surface area contributed by atoms with Crippen molar-refractivity contribution in [3.05, 3.63) is 47.3 Å². The molecule has 6 heteroatoms. The molecule has 1 heterocycles. The Labute approximate surface area is 135 Å². The number of halogens is 1. The molecule has 1 aliphatic rings. The van der Waals surface area contributed by atoms with Crippen LogP contribution in [0.2, 0.25) is 0 Å². The minimum Gasteiger partial charge on any atom is -0.369 e. The minimum absolute atomic E-state index is 0.112. The summed E-state index contributed by atoms with van der Waals surface area (Å²) < 4.78 is 12.9. The van der Waals surface area contributed by atoms with Gasteiger partial charge in [0.05, 0.1) is 13.0 Å². The van der Waals surface area contributed by atoms with E-state index in [2.05, 4.69) is 11.4 Å². The van der Waals surface area contributed by atoms with Crippen molar-refractivity contribution >= 4 is 11.8 Å². The van der Waals surface area contributed by atoms with Crippen LogP contribution in [0, 0.1) is 5.82 Å². The summed E-state index contributed by atoms with van der Waals surface area (Å²) in [5.41, 5.74) is 7.07. The third kappa shape index (κ3) is 5.49. The molecule has 0 spiro atoms. The molecule has 1 aromatic carbocycles. The average Bonchev–Trinajstić information content (AvgIpc) is 2.49. The molecule has 0 saturated carbocycles. The highest BCUT2D eigenvalue weighted by molar-refractivity contribution is 5.79. The quantitative estimate of drug-likeness (QED) is 0.768. The fourth-order valence-electron chi connectivity index (χ4n) is 2.68. The number of nitrogens with one attached hydrogen (secondary N) is 1. The highest BCUT2D eigenvalue weighted by Crippen LogP contribution is 2.13. The van der Waals surface area contributed by atoms with Crippen molar-refractivity contribution in [2.45, 2.75) is 25.8 Å². The van der Waals surface area contributed by atoms with Crippen LogP contribution >= 0.6 is 0 Å². The molecule has 0 unspecified atom stereocenters. The summed E-state index contributed by atoms with van der Waals surface area (Å²) in [6.45, 7) is 3.57. The lowest BCUT2D eigenvalue weighted by molar-refractivity contribution is -0.121. The number of hydrogen-bond donors (Lipinski definition) is 2. The maximum absolute atomic E-state index is 12.9. The van der Waals surface area contributed by atoms with Gasteiger partial charge in [0.15, 0.2) is 0 Å². The molecule has 23 heavy (non-hydrogen) atoms. The number of hydrogen-bond acceptors (Lipinski definition) is 3. The fourth-order valence-corrected chi connectivity index (χ4v) is 2.68. The lowest BCUT2D eigenvalue weighted by atomic mass is 10.0. The number of nitrogens with two attached hydrogens (primary N) is 1. The first kappa shape index (κ1) is 17.1. The highest BCUT2D eigenvalue weighted by Gasteiger charge is 2.19. The summed E-state index contributed by atoms with van der Waals surface area (Å²) in [5.74, 6) is -0.777. The van der Waals surface area contributed by atoms with Gasteiger partial charge >= 0.3 is 0 Å². The van der Waals surface area contributed by atoms with Gasteiger partial charge in [-0.2, -0.15) is 0 Å². The summed E-state index contributed by atoms with van der Waals surface area (Å²) in [6.07, 6.45) is 3.14. The third-order valence-corrected chi connectivity index (χ3v) is 3.85. The first-order valence-electron chi connectivity index (χ1n) is 7.67. The Morgan fingerprint density at radius 2 is 2.04 bits per heavy atom. The van der Waals surface area contributed by atoms with E-state index < -0.39 is 0 Å². The Morgan fingerprint density at radius 3 is 2.70 bits per heavy atom. The summed E-state index contributed by atoms with van der Waals surface area (Å²) in [7, 11) is 0. The molecule has 0 bridgehead atoms. The molecule has 3 N–H and O–H groups in total. The van der Waals surface area contributed by atoms with Crippen LogP contribution in [-0.2, 0) is 16.0 Å². The zero-order chi connectivity index (χ0) is 16.8. The summed E-state index contributed by atoms with van der Waals surface area (Å²) in [6, 6.07) is 5.79. The number of benzene rings is 1. The van der Waals surface area contributed by atoms with Crippen LogP contribution in [0.1, 0.15) is 18.9 Å². The van der Waals surface area contributed by atoms with Crippen LogP contribution in [0.15, 0.2) is 35.9 Å². The third-order valence-electron chi connectivity index (χ3n) is 3.85. The second-order valence-corrected chi connectivity index (χ2v) is 5.84. The molecule has 2 amide bonds. The summed E-state index contributed by atoms with van der Waals surface area (Å²) >= 11 is 0. The molecule has 0 radical (unpaired) electrons. The van der Waals surface area contributed by atoms with E-state index in [1.165, 1.54) is 12.1 Å². The van der Waals surface area contributed by atoms with E-state index in [0.717, 1.165) is 24.1 Å². The Balaban J connectivity index is 1.86. The normalized spacial score (nSPS) is 16.5. The van der Waals surface area contributed by atoms with Crippen LogP contribution in [0.25, 0.3) is 0 Å². The maximum Gasteiger partial charge on any atom is 0.231 e. The fraction of sp³-hybridized carbons (Fsp3) is 0.412. The zero-order valence-electron chi connectivity index (χ0n) is 13.2. The van der Waals surface area contributed by atoms with Crippen LogP contribution < -0.4 is 11.1 Å². The molecular weight excluding hydrogens is 297 g/mol. The zero-order valence-corrected chi connectivity index (χ0v) is 13.2. The van der Waals surface area contributed by atoms with Crippen LogP contribution in [0.3, 0.4) is 0 Å². The average molecular weight is 319 g/mol. The minimum atomic E-state index is -0.348. The van der Waals surface area contributed by atoms with Gasteiger partial charge in [0.25, 0.3) is 0 Å². The first-order valence-corrected chi connectivity index (χ1v) is 7.67. The number of carbonyl (C=O) groups is 2. The van der Waals surface area contributed by atoms with Crippen molar-refractivity contribution in [3.63, 3.8) is 0 Å². The SMILES string of the molecule is C[C@@H](NC(=O)Cc1ccc(F)cc1)C1=CCCN(CC(N)=O)C1. The Morgan fingerprint density at radius 1 is 1.35 bits per heavy atom. The molecule has 5 nitrogen and oxygen atoms in total. The second kappa shape index (κ2) is 7.87. The van der Waals surface area contributed by atoms with E-state index in [9.17, 15) is 14.0 Å². The first-order chi connectivity index (χ1) is 10.9. The smallest absolute Gasteiger partial charge is 0.231 e. The van der Waals surface area contributed by atoms with Gasteiger partial charge < -0.3 is 11.1 Å². The Kier molecular flexibility index (Phi) is 5.87. The molecule has 1 aromatic rings. The van der Waals surface area contributed by atoms with Crippen LogP contribution in [-0.4, -0.2) is 42.4 Å². The molecule has 1 aliphatic heterocycles. The molecule has 0 fully saturated rings. The molecule has 2 rings (SSSR count). The molecule has 0 aromatic heterocycles. The van der Waals surface area contributed by atoms with E-state index in [0.29, 0.717) is 6.54 Å². The van der Waals surface area contributed by atoms with Crippen LogP contribution in [0.4, 0.5) is 4.39 Å². The number of nitrogens with zero attached hydrogens (tertiary/aromatic N) is 1. The van der Waals surface area contributed by atoms with Crippen molar-refractivity contribution < 1.29 is 14.0 Å². The van der Waals surface area contributed by atoms with E-state index in [-0.39, 0.29) is 36.6 Å². The van der Waals surface area contributed by atoms with E-state index in [1.54, 1.807) is 12.1 Å². The lowest BCUT2D eigenvalue weighted by Crippen LogP contribution is -2.43. The van der Waals surface area contributed by atoms with Gasteiger partial charge in [-0.05, 0) is 36.6 Å². The summed E-state index contributed by atoms with van der Waals surface area (Å²) in [4.78, 5) is 25.1. The van der Waals surface area contributed by atoms with E-state index in [1.807, 2.05) is 11.8 Å². The van der Waals surface area contributed by atoms with Gasteiger partial charge in [0.1, 0.15) is 5.82 Å². The van der Waals surface area contributed by atoms with Gasteiger partial charge in [-0.25, -0.2) is 4.39 Å². The monoisotopic (exact) mass is 319 g/mol. The van der Waals surface area contributed by atoms with E-state index in [4.69, 9.17) is 5.73 Å². The Bertz CT molecular complexity index is 598. The van der Waals surface area contributed by atoms with Gasteiger partial charge in [0.2, 0.25) is 11.8 Å². The van der Waals surface area contributed by atoms with Crippen LogP contribution in [0.5, 0.6) is 0 Å². The molecule has 0 aliphatic carbocycles.